The highest BCUT2D eigenvalue weighted by molar-refractivity contribution is 7.92. The van der Waals surface area contributed by atoms with Crippen molar-refractivity contribution in [2.45, 2.75) is 18.2 Å². The zero-order chi connectivity index (χ0) is 18.4. The monoisotopic (exact) mass is 368 g/mol. The van der Waals surface area contributed by atoms with Gasteiger partial charge in [0.05, 0.1) is 17.2 Å². The Kier molecular flexibility index (Phi) is 5.53. The minimum absolute atomic E-state index is 0.214. The molecule has 0 amide bonds. The number of sulfonamides is 1. The Morgan fingerprint density at radius 1 is 0.962 bits per heavy atom. The van der Waals surface area contributed by atoms with Crippen molar-refractivity contribution in [2.24, 2.45) is 0 Å². The zero-order valence-corrected chi connectivity index (χ0v) is 15.2. The number of ether oxygens (including phenoxy) is 1. The number of hydrogen-bond donors (Lipinski definition) is 1. The fraction of sp³-hybridized carbons (Fsp3) is 0.150. The van der Waals surface area contributed by atoms with Crippen LogP contribution in [0.3, 0.4) is 0 Å². The summed E-state index contributed by atoms with van der Waals surface area (Å²) in [7, 11) is -3.67. The summed E-state index contributed by atoms with van der Waals surface area (Å²) in [5, 5.41) is 0. The van der Waals surface area contributed by atoms with Crippen molar-refractivity contribution in [3.8, 4) is 5.75 Å². The summed E-state index contributed by atoms with van der Waals surface area (Å²) >= 11 is 0. The van der Waals surface area contributed by atoms with Crippen LogP contribution in [0.1, 0.15) is 11.3 Å². The molecule has 1 N–H and O–H groups in total. The van der Waals surface area contributed by atoms with E-state index in [1.54, 1.807) is 54.7 Å². The number of hydrogen-bond acceptors (Lipinski definition) is 4. The predicted molar refractivity (Wildman–Crippen MR) is 102 cm³/mol. The fourth-order valence-corrected chi connectivity index (χ4v) is 3.48. The van der Waals surface area contributed by atoms with Gasteiger partial charge in [-0.15, -0.1) is 0 Å². The van der Waals surface area contributed by atoms with Crippen LogP contribution in [-0.2, 0) is 16.4 Å². The SMILES string of the molecule is Cc1ccc(S(=O)(=O)Nc2ccccc2OCCc2ccccn2)cc1. The molecule has 0 saturated heterocycles. The van der Waals surface area contributed by atoms with E-state index in [1.165, 1.54) is 0 Å². The molecule has 0 radical (unpaired) electrons. The van der Waals surface area contributed by atoms with Crippen LogP contribution in [0.2, 0.25) is 0 Å². The Labute approximate surface area is 153 Å². The third-order valence-electron chi connectivity index (χ3n) is 3.80. The van der Waals surface area contributed by atoms with E-state index in [2.05, 4.69) is 9.71 Å². The van der Waals surface area contributed by atoms with Crippen molar-refractivity contribution in [2.75, 3.05) is 11.3 Å². The molecule has 1 heterocycles. The van der Waals surface area contributed by atoms with Gasteiger partial charge in [0.1, 0.15) is 5.75 Å². The van der Waals surface area contributed by atoms with Gasteiger partial charge in [-0.3, -0.25) is 9.71 Å². The molecule has 2 aromatic carbocycles. The lowest BCUT2D eigenvalue weighted by atomic mass is 10.2. The van der Waals surface area contributed by atoms with E-state index in [-0.39, 0.29) is 4.90 Å². The Balaban J connectivity index is 1.71. The second-order valence-corrected chi connectivity index (χ2v) is 7.52. The summed E-state index contributed by atoms with van der Waals surface area (Å²) in [5.74, 6) is 0.485. The molecule has 0 bridgehead atoms. The molecule has 0 aliphatic rings. The highest BCUT2D eigenvalue weighted by Gasteiger charge is 2.16. The smallest absolute Gasteiger partial charge is 0.262 e. The summed E-state index contributed by atoms with van der Waals surface area (Å²) in [6.07, 6.45) is 2.37. The number of aromatic nitrogens is 1. The normalized spacial score (nSPS) is 11.1. The lowest BCUT2D eigenvalue weighted by molar-refractivity contribution is 0.322. The third-order valence-corrected chi connectivity index (χ3v) is 5.19. The number of rotatable bonds is 7. The van der Waals surface area contributed by atoms with Crippen LogP contribution in [0, 0.1) is 6.92 Å². The van der Waals surface area contributed by atoms with Gasteiger partial charge in [0.15, 0.2) is 0 Å². The number of nitrogens with zero attached hydrogens (tertiary/aromatic N) is 1. The fourth-order valence-electron chi connectivity index (χ4n) is 2.41. The molecule has 0 aliphatic heterocycles. The van der Waals surface area contributed by atoms with E-state index in [9.17, 15) is 8.42 Å². The molecule has 5 nitrogen and oxygen atoms in total. The predicted octanol–water partition coefficient (Wildman–Crippen LogP) is 3.81. The van der Waals surface area contributed by atoms with Crippen LogP contribution in [-0.4, -0.2) is 20.0 Å². The van der Waals surface area contributed by atoms with Crippen LogP contribution < -0.4 is 9.46 Å². The van der Waals surface area contributed by atoms with E-state index >= 15 is 0 Å². The third kappa shape index (κ3) is 4.61. The molecular formula is C20H20N2O3S. The van der Waals surface area contributed by atoms with Gasteiger partial charge in [-0.05, 0) is 43.3 Å². The Bertz CT molecular complexity index is 956. The van der Waals surface area contributed by atoms with Crippen LogP contribution in [0.25, 0.3) is 0 Å². The summed E-state index contributed by atoms with van der Waals surface area (Å²) in [4.78, 5) is 4.46. The molecule has 0 unspecified atom stereocenters. The van der Waals surface area contributed by atoms with E-state index in [4.69, 9.17) is 4.74 Å². The molecule has 6 heteroatoms. The van der Waals surface area contributed by atoms with E-state index in [1.807, 2.05) is 25.1 Å². The molecule has 1 aromatic heterocycles. The second-order valence-electron chi connectivity index (χ2n) is 5.83. The molecule has 0 atom stereocenters. The molecule has 26 heavy (non-hydrogen) atoms. The first-order valence-corrected chi connectivity index (χ1v) is 9.74. The molecule has 0 spiro atoms. The molecule has 134 valence electrons. The highest BCUT2D eigenvalue weighted by atomic mass is 32.2. The van der Waals surface area contributed by atoms with Crippen molar-refractivity contribution in [1.82, 2.24) is 4.98 Å². The molecule has 0 fully saturated rings. The van der Waals surface area contributed by atoms with Crippen LogP contribution >= 0.6 is 0 Å². The number of anilines is 1. The highest BCUT2D eigenvalue weighted by Crippen LogP contribution is 2.26. The summed E-state index contributed by atoms with van der Waals surface area (Å²) in [5.41, 5.74) is 2.33. The van der Waals surface area contributed by atoms with Crippen molar-refractivity contribution in [1.29, 1.82) is 0 Å². The van der Waals surface area contributed by atoms with Gasteiger partial charge in [0.2, 0.25) is 0 Å². The van der Waals surface area contributed by atoms with Crippen LogP contribution in [0.4, 0.5) is 5.69 Å². The van der Waals surface area contributed by atoms with Gasteiger partial charge in [-0.25, -0.2) is 8.42 Å². The average Bonchev–Trinajstić information content (AvgIpc) is 2.64. The molecule has 0 aliphatic carbocycles. The maximum Gasteiger partial charge on any atom is 0.262 e. The average molecular weight is 368 g/mol. The van der Waals surface area contributed by atoms with Gasteiger partial charge < -0.3 is 4.74 Å². The first kappa shape index (κ1) is 17.9. The first-order chi connectivity index (χ1) is 12.5. The molecule has 3 aromatic rings. The molecular weight excluding hydrogens is 348 g/mol. The quantitative estimate of drug-likeness (QED) is 0.688. The minimum atomic E-state index is -3.67. The Morgan fingerprint density at radius 3 is 2.42 bits per heavy atom. The van der Waals surface area contributed by atoms with Gasteiger partial charge in [-0.2, -0.15) is 0 Å². The molecule has 0 saturated carbocycles. The van der Waals surface area contributed by atoms with Crippen molar-refractivity contribution >= 4 is 15.7 Å². The number of pyridine rings is 1. The second kappa shape index (κ2) is 8.01. The van der Waals surface area contributed by atoms with Crippen LogP contribution in [0.5, 0.6) is 5.75 Å². The number of para-hydroxylation sites is 2. The van der Waals surface area contributed by atoms with Crippen molar-refractivity contribution in [3.05, 3.63) is 84.2 Å². The zero-order valence-electron chi connectivity index (χ0n) is 14.4. The number of nitrogens with one attached hydrogen (secondary N) is 1. The maximum absolute atomic E-state index is 12.6. The largest absolute Gasteiger partial charge is 0.491 e. The maximum atomic E-state index is 12.6. The van der Waals surface area contributed by atoms with Crippen LogP contribution in [0.15, 0.2) is 77.8 Å². The first-order valence-electron chi connectivity index (χ1n) is 8.26. The Hall–Kier alpha value is -2.86. The van der Waals surface area contributed by atoms with Crippen molar-refractivity contribution < 1.29 is 13.2 Å². The van der Waals surface area contributed by atoms with Gasteiger partial charge in [0.25, 0.3) is 10.0 Å². The Morgan fingerprint density at radius 2 is 1.69 bits per heavy atom. The van der Waals surface area contributed by atoms with Gasteiger partial charge in [0, 0.05) is 18.3 Å². The number of benzene rings is 2. The van der Waals surface area contributed by atoms with Gasteiger partial charge >= 0.3 is 0 Å². The van der Waals surface area contributed by atoms with E-state index in [0.717, 1.165) is 11.3 Å². The summed E-state index contributed by atoms with van der Waals surface area (Å²) < 4.78 is 33.5. The van der Waals surface area contributed by atoms with E-state index < -0.39 is 10.0 Å². The van der Waals surface area contributed by atoms with E-state index in [0.29, 0.717) is 24.5 Å². The molecule has 3 rings (SSSR count). The van der Waals surface area contributed by atoms with Gasteiger partial charge in [-0.1, -0.05) is 35.9 Å². The summed E-state index contributed by atoms with van der Waals surface area (Å²) in [6, 6.07) is 19.4. The lowest BCUT2D eigenvalue weighted by Crippen LogP contribution is -2.14. The number of aryl methyl sites for hydroxylation is 1. The lowest BCUT2D eigenvalue weighted by Gasteiger charge is -2.13. The van der Waals surface area contributed by atoms with Crippen molar-refractivity contribution in [3.63, 3.8) is 0 Å². The topological polar surface area (TPSA) is 68.3 Å². The minimum Gasteiger partial charge on any atom is -0.491 e. The summed E-state index contributed by atoms with van der Waals surface area (Å²) in [6.45, 7) is 2.31. The standard InChI is InChI=1S/C20H20N2O3S/c1-16-9-11-18(12-10-16)26(23,24)22-19-7-2-3-8-20(19)25-15-13-17-6-4-5-14-21-17/h2-12,14,22H,13,15H2,1H3.